The van der Waals surface area contributed by atoms with Crippen LogP contribution in [-0.4, -0.2) is 24.7 Å². The van der Waals surface area contributed by atoms with Crippen LogP contribution in [-0.2, 0) is 4.74 Å². The van der Waals surface area contributed by atoms with Crippen molar-refractivity contribution in [2.45, 2.75) is 19.9 Å². The van der Waals surface area contributed by atoms with E-state index in [2.05, 4.69) is 30.2 Å². The van der Waals surface area contributed by atoms with Gasteiger partial charge in [-0.15, -0.1) is 0 Å². The van der Waals surface area contributed by atoms with E-state index >= 15 is 0 Å². The lowest BCUT2D eigenvalue weighted by molar-refractivity contribution is 0.171. The van der Waals surface area contributed by atoms with Gasteiger partial charge >= 0.3 is 0 Å². The van der Waals surface area contributed by atoms with Crippen molar-refractivity contribution in [2.75, 3.05) is 24.8 Å². The van der Waals surface area contributed by atoms with Gasteiger partial charge in [0, 0.05) is 7.11 Å². The second kappa shape index (κ2) is 6.06. The molecule has 0 aliphatic carbocycles. The summed E-state index contributed by atoms with van der Waals surface area (Å²) in [5.74, 6) is 0.929. The average molecular weight is 234 g/mol. The molecule has 1 unspecified atom stereocenters. The Balaban J connectivity index is 2.89. The second-order valence-electron chi connectivity index (χ2n) is 4.23. The Morgan fingerprint density at radius 2 is 2.29 bits per heavy atom. The Labute approximate surface area is 102 Å². The zero-order valence-electron chi connectivity index (χ0n) is 10.4. The van der Waals surface area contributed by atoms with E-state index in [4.69, 9.17) is 15.7 Å². The molecule has 0 aliphatic rings. The quantitative estimate of drug-likeness (QED) is 0.808. The standard InChI is InChI=1S/C12H18N4O/c1-8(2)11(7-17-3)16-12-9(5-13)4-10(14)6-15-12/h4,6,8,11H,7,14H2,1-3H3,(H,15,16). The summed E-state index contributed by atoms with van der Waals surface area (Å²) in [5, 5.41) is 12.2. The number of rotatable bonds is 5. The molecule has 1 rings (SSSR count). The van der Waals surface area contributed by atoms with Crippen LogP contribution in [0, 0.1) is 17.2 Å². The smallest absolute Gasteiger partial charge is 0.144 e. The number of anilines is 2. The maximum Gasteiger partial charge on any atom is 0.144 e. The van der Waals surface area contributed by atoms with Crippen LogP contribution in [0.5, 0.6) is 0 Å². The number of nitriles is 1. The van der Waals surface area contributed by atoms with E-state index in [-0.39, 0.29) is 6.04 Å². The molecule has 3 N–H and O–H groups in total. The molecule has 17 heavy (non-hydrogen) atoms. The molecule has 1 aromatic heterocycles. The number of nitrogens with zero attached hydrogens (tertiary/aromatic N) is 2. The van der Waals surface area contributed by atoms with Gasteiger partial charge in [-0.05, 0) is 12.0 Å². The molecule has 1 aromatic rings. The van der Waals surface area contributed by atoms with Gasteiger partial charge in [-0.1, -0.05) is 13.8 Å². The molecule has 0 aromatic carbocycles. The van der Waals surface area contributed by atoms with E-state index in [0.29, 0.717) is 29.6 Å². The highest BCUT2D eigenvalue weighted by Gasteiger charge is 2.15. The Morgan fingerprint density at radius 1 is 1.59 bits per heavy atom. The summed E-state index contributed by atoms with van der Waals surface area (Å²) in [6.07, 6.45) is 1.54. The highest BCUT2D eigenvalue weighted by Crippen LogP contribution is 2.17. The van der Waals surface area contributed by atoms with E-state index in [9.17, 15) is 0 Å². The number of hydrogen-bond donors (Lipinski definition) is 2. The van der Waals surface area contributed by atoms with Gasteiger partial charge in [0.15, 0.2) is 0 Å². The number of nitrogens with one attached hydrogen (secondary N) is 1. The molecular weight excluding hydrogens is 216 g/mol. The van der Waals surface area contributed by atoms with Crippen LogP contribution < -0.4 is 11.1 Å². The minimum Gasteiger partial charge on any atom is -0.397 e. The van der Waals surface area contributed by atoms with Gasteiger partial charge in [0.1, 0.15) is 11.9 Å². The minimum atomic E-state index is 0.114. The molecule has 5 heteroatoms. The number of nitrogens with two attached hydrogens (primary N) is 1. The van der Waals surface area contributed by atoms with Crippen LogP contribution >= 0.6 is 0 Å². The van der Waals surface area contributed by atoms with Gasteiger partial charge in [0.2, 0.25) is 0 Å². The summed E-state index contributed by atoms with van der Waals surface area (Å²) in [6, 6.07) is 3.80. The molecule has 0 fully saturated rings. The summed E-state index contributed by atoms with van der Waals surface area (Å²) < 4.78 is 5.14. The molecule has 0 spiro atoms. The van der Waals surface area contributed by atoms with Crippen LogP contribution in [0.15, 0.2) is 12.3 Å². The van der Waals surface area contributed by atoms with E-state index in [1.165, 1.54) is 6.20 Å². The van der Waals surface area contributed by atoms with Crippen LogP contribution in [0.3, 0.4) is 0 Å². The third-order valence-corrected chi connectivity index (χ3v) is 2.50. The van der Waals surface area contributed by atoms with Gasteiger partial charge in [-0.2, -0.15) is 5.26 Å². The number of pyridine rings is 1. The van der Waals surface area contributed by atoms with Gasteiger partial charge in [0.25, 0.3) is 0 Å². The number of methoxy groups -OCH3 is 1. The fourth-order valence-corrected chi connectivity index (χ4v) is 1.44. The number of aromatic nitrogens is 1. The summed E-state index contributed by atoms with van der Waals surface area (Å²) >= 11 is 0. The fraction of sp³-hybridized carbons (Fsp3) is 0.500. The van der Waals surface area contributed by atoms with Crippen LogP contribution in [0.25, 0.3) is 0 Å². The van der Waals surface area contributed by atoms with Gasteiger partial charge in [-0.25, -0.2) is 4.98 Å². The maximum atomic E-state index is 9.01. The van der Waals surface area contributed by atoms with Crippen LogP contribution in [0.2, 0.25) is 0 Å². The topological polar surface area (TPSA) is 84.0 Å². The van der Waals surface area contributed by atoms with Gasteiger partial charge < -0.3 is 15.8 Å². The zero-order chi connectivity index (χ0) is 12.8. The second-order valence-corrected chi connectivity index (χ2v) is 4.23. The lowest BCUT2D eigenvalue weighted by Crippen LogP contribution is -2.31. The van der Waals surface area contributed by atoms with Crippen molar-refractivity contribution in [2.24, 2.45) is 5.92 Å². The van der Waals surface area contributed by atoms with Crippen molar-refractivity contribution in [3.63, 3.8) is 0 Å². The molecule has 0 saturated carbocycles. The predicted octanol–water partition coefficient (Wildman–Crippen LogP) is 1.62. The molecule has 1 atom stereocenters. The van der Waals surface area contributed by atoms with Crippen molar-refractivity contribution >= 4 is 11.5 Å². The molecule has 0 saturated heterocycles. The molecule has 0 aliphatic heterocycles. The van der Waals surface area contributed by atoms with Crippen molar-refractivity contribution in [1.82, 2.24) is 4.98 Å². The first kappa shape index (κ1) is 13.3. The Morgan fingerprint density at radius 3 is 2.82 bits per heavy atom. The van der Waals surface area contributed by atoms with Crippen molar-refractivity contribution in [3.8, 4) is 6.07 Å². The summed E-state index contributed by atoms with van der Waals surface area (Å²) in [6.45, 7) is 4.73. The van der Waals surface area contributed by atoms with Crippen molar-refractivity contribution in [3.05, 3.63) is 17.8 Å². The van der Waals surface area contributed by atoms with E-state index in [0.717, 1.165) is 0 Å². The number of nitrogen functional groups attached to an aromatic ring is 1. The fourth-order valence-electron chi connectivity index (χ4n) is 1.44. The summed E-state index contributed by atoms with van der Waals surface area (Å²) in [5.41, 5.74) is 6.52. The Kier molecular flexibility index (Phi) is 4.73. The molecule has 0 bridgehead atoms. The number of ether oxygens (including phenoxy) is 1. The first-order valence-electron chi connectivity index (χ1n) is 5.49. The largest absolute Gasteiger partial charge is 0.397 e. The zero-order valence-corrected chi connectivity index (χ0v) is 10.4. The van der Waals surface area contributed by atoms with E-state index in [1.54, 1.807) is 13.2 Å². The monoisotopic (exact) mass is 234 g/mol. The first-order chi connectivity index (χ1) is 8.08. The molecule has 1 heterocycles. The Hall–Kier alpha value is -1.80. The first-order valence-corrected chi connectivity index (χ1v) is 5.49. The summed E-state index contributed by atoms with van der Waals surface area (Å²) in [4.78, 5) is 4.14. The SMILES string of the molecule is COCC(Nc1ncc(N)cc1C#N)C(C)C. The molecule has 0 amide bonds. The van der Waals surface area contributed by atoms with E-state index in [1.807, 2.05) is 0 Å². The maximum absolute atomic E-state index is 9.01. The molecule has 0 radical (unpaired) electrons. The highest BCUT2D eigenvalue weighted by atomic mass is 16.5. The summed E-state index contributed by atoms with van der Waals surface area (Å²) in [7, 11) is 1.65. The molecule has 5 nitrogen and oxygen atoms in total. The molecular formula is C12H18N4O. The van der Waals surface area contributed by atoms with Crippen LogP contribution in [0.4, 0.5) is 11.5 Å². The Bertz CT molecular complexity index is 411. The predicted molar refractivity (Wildman–Crippen MR) is 67.5 cm³/mol. The van der Waals surface area contributed by atoms with Gasteiger partial charge in [0.05, 0.1) is 30.1 Å². The highest BCUT2D eigenvalue weighted by molar-refractivity contribution is 5.57. The lowest BCUT2D eigenvalue weighted by Gasteiger charge is -2.22. The minimum absolute atomic E-state index is 0.114. The average Bonchev–Trinajstić information content (AvgIpc) is 2.30. The van der Waals surface area contributed by atoms with Crippen molar-refractivity contribution in [1.29, 1.82) is 5.26 Å². The third kappa shape index (κ3) is 3.61. The number of hydrogen-bond acceptors (Lipinski definition) is 5. The van der Waals surface area contributed by atoms with Crippen LogP contribution in [0.1, 0.15) is 19.4 Å². The normalized spacial score (nSPS) is 12.2. The third-order valence-electron chi connectivity index (χ3n) is 2.50. The van der Waals surface area contributed by atoms with E-state index < -0.39 is 0 Å². The molecule has 92 valence electrons. The van der Waals surface area contributed by atoms with Crippen molar-refractivity contribution < 1.29 is 4.74 Å². The van der Waals surface area contributed by atoms with Gasteiger partial charge in [-0.3, -0.25) is 0 Å². The lowest BCUT2D eigenvalue weighted by atomic mass is 10.1.